The lowest BCUT2D eigenvalue weighted by Crippen LogP contribution is -2.45. The number of ether oxygens (including phenoxy) is 2. The first-order chi connectivity index (χ1) is 18.0. The van der Waals surface area contributed by atoms with Crippen molar-refractivity contribution >= 4 is 35.0 Å². The molecular formula is C28H40N6O4. The van der Waals surface area contributed by atoms with Crippen molar-refractivity contribution in [3.63, 3.8) is 0 Å². The fourth-order valence-corrected chi connectivity index (χ4v) is 5.05. The Bertz CT molecular complexity index is 1190. The number of rotatable bonds is 8. The maximum absolute atomic E-state index is 13.2. The first kappa shape index (κ1) is 27.6. The average molecular weight is 525 g/mol. The molecule has 1 saturated carbocycles. The first-order valence-corrected chi connectivity index (χ1v) is 13.2. The van der Waals surface area contributed by atoms with Crippen molar-refractivity contribution < 1.29 is 19.1 Å². The van der Waals surface area contributed by atoms with Crippen LogP contribution in [0.15, 0.2) is 24.4 Å². The molecule has 2 heterocycles. The maximum Gasteiger partial charge on any atom is 0.251 e. The van der Waals surface area contributed by atoms with Crippen LogP contribution < -0.4 is 25.2 Å². The lowest BCUT2D eigenvalue weighted by molar-refractivity contribution is -0.125. The van der Waals surface area contributed by atoms with E-state index in [4.69, 9.17) is 14.5 Å². The second kappa shape index (κ2) is 10.8. The Morgan fingerprint density at radius 2 is 1.92 bits per heavy atom. The lowest BCUT2D eigenvalue weighted by Gasteiger charge is -2.34. The number of hydrogen-bond acceptors (Lipinski definition) is 8. The predicted octanol–water partition coefficient (Wildman–Crippen LogP) is 4.14. The van der Waals surface area contributed by atoms with Gasteiger partial charge in [0.25, 0.3) is 5.91 Å². The third-order valence-electron chi connectivity index (χ3n) is 7.54. The second-order valence-corrected chi connectivity index (χ2v) is 11.4. The molecule has 2 N–H and O–H groups in total. The monoisotopic (exact) mass is 524 g/mol. The summed E-state index contributed by atoms with van der Waals surface area (Å²) >= 11 is 0. The molecule has 38 heavy (non-hydrogen) atoms. The summed E-state index contributed by atoms with van der Waals surface area (Å²) in [4.78, 5) is 39.3. The summed E-state index contributed by atoms with van der Waals surface area (Å²) in [6.07, 6.45) is 6.23. The van der Waals surface area contributed by atoms with Crippen molar-refractivity contribution in [2.75, 3.05) is 49.5 Å². The summed E-state index contributed by atoms with van der Waals surface area (Å²) in [6, 6.07) is 5.52. The summed E-state index contributed by atoms with van der Waals surface area (Å²) in [5, 5.41) is 6.15. The molecule has 0 saturated heterocycles. The Labute approximate surface area is 225 Å². The molecule has 2 amide bonds. The highest BCUT2D eigenvalue weighted by molar-refractivity contribution is 6.01. The second-order valence-electron chi connectivity index (χ2n) is 11.4. The number of carbonyl (C=O) groups is 2. The van der Waals surface area contributed by atoms with E-state index in [0.29, 0.717) is 47.8 Å². The van der Waals surface area contributed by atoms with E-state index in [1.165, 1.54) is 12.8 Å². The van der Waals surface area contributed by atoms with Crippen molar-refractivity contribution in [1.82, 2.24) is 15.3 Å². The number of nitrogens with zero attached hydrogens (tertiary/aromatic N) is 4. The van der Waals surface area contributed by atoms with Gasteiger partial charge in [-0.1, -0.05) is 12.8 Å². The van der Waals surface area contributed by atoms with E-state index >= 15 is 0 Å². The lowest BCUT2D eigenvalue weighted by atomic mass is 9.91. The minimum atomic E-state index is -0.552. The molecule has 10 nitrogen and oxygen atoms in total. The highest BCUT2D eigenvalue weighted by Crippen LogP contribution is 2.40. The largest absolute Gasteiger partial charge is 0.495 e. The Hall–Kier alpha value is -3.40. The average Bonchev–Trinajstić information content (AvgIpc) is 3.42. The minimum absolute atomic E-state index is 0.0491. The van der Waals surface area contributed by atoms with Gasteiger partial charge in [-0.05, 0) is 58.7 Å². The number of benzene rings is 1. The van der Waals surface area contributed by atoms with Crippen LogP contribution in [0.5, 0.6) is 5.75 Å². The highest BCUT2D eigenvalue weighted by Gasteiger charge is 2.41. The van der Waals surface area contributed by atoms with Crippen LogP contribution in [0.1, 0.15) is 63.7 Å². The molecule has 0 unspecified atom stereocenters. The smallest absolute Gasteiger partial charge is 0.251 e. The molecule has 4 rings (SSSR count). The van der Waals surface area contributed by atoms with E-state index in [0.717, 1.165) is 18.7 Å². The Kier molecular flexibility index (Phi) is 7.83. The predicted molar refractivity (Wildman–Crippen MR) is 149 cm³/mol. The van der Waals surface area contributed by atoms with Crippen molar-refractivity contribution in [3.8, 4) is 5.75 Å². The number of amides is 2. The third kappa shape index (κ3) is 5.70. The summed E-state index contributed by atoms with van der Waals surface area (Å²) in [5.41, 5.74) is 0.786. The van der Waals surface area contributed by atoms with Gasteiger partial charge in [-0.2, -0.15) is 4.98 Å². The van der Waals surface area contributed by atoms with Gasteiger partial charge in [0.15, 0.2) is 5.82 Å². The summed E-state index contributed by atoms with van der Waals surface area (Å²) in [5.74, 6) is 1.47. The quantitative estimate of drug-likeness (QED) is 0.531. The van der Waals surface area contributed by atoms with Crippen LogP contribution in [0.3, 0.4) is 0 Å². The van der Waals surface area contributed by atoms with Gasteiger partial charge < -0.3 is 29.9 Å². The van der Waals surface area contributed by atoms with Gasteiger partial charge in [-0.15, -0.1) is 0 Å². The molecule has 0 bridgehead atoms. The normalized spacial score (nSPS) is 17.7. The molecule has 0 radical (unpaired) electrons. The van der Waals surface area contributed by atoms with Crippen molar-refractivity contribution in [2.45, 2.75) is 65.0 Å². The van der Waals surface area contributed by atoms with Gasteiger partial charge in [0.1, 0.15) is 11.4 Å². The van der Waals surface area contributed by atoms with Gasteiger partial charge in [0, 0.05) is 38.9 Å². The zero-order valence-electron chi connectivity index (χ0n) is 23.6. The molecule has 10 heteroatoms. The Balaban J connectivity index is 1.62. The van der Waals surface area contributed by atoms with Gasteiger partial charge in [0.2, 0.25) is 11.9 Å². The fourth-order valence-electron chi connectivity index (χ4n) is 5.05. The summed E-state index contributed by atoms with van der Waals surface area (Å²) in [7, 11) is 4.96. The molecule has 1 aromatic carbocycles. The SMILES string of the molecule is COc1cc(C(=O)NCC(C)(C)OC)ccc1Nc1ncc2c(n1)N(C1CCCC1)CC(C)(C)C(=O)N2C. The van der Waals surface area contributed by atoms with E-state index in [-0.39, 0.29) is 11.8 Å². The van der Waals surface area contributed by atoms with E-state index in [9.17, 15) is 9.59 Å². The van der Waals surface area contributed by atoms with Crippen LogP contribution in [0.25, 0.3) is 0 Å². The fraction of sp³-hybridized carbons (Fsp3) is 0.571. The molecule has 2 aliphatic rings. The number of hydrogen-bond donors (Lipinski definition) is 2. The van der Waals surface area contributed by atoms with E-state index < -0.39 is 11.0 Å². The number of fused-ring (bicyclic) bond motifs is 1. The zero-order chi connectivity index (χ0) is 27.7. The third-order valence-corrected chi connectivity index (χ3v) is 7.54. The first-order valence-electron chi connectivity index (χ1n) is 13.2. The van der Waals surface area contributed by atoms with Gasteiger partial charge in [-0.3, -0.25) is 9.59 Å². The van der Waals surface area contributed by atoms with Crippen LogP contribution in [0, 0.1) is 5.41 Å². The van der Waals surface area contributed by atoms with Crippen molar-refractivity contribution in [3.05, 3.63) is 30.0 Å². The highest BCUT2D eigenvalue weighted by atomic mass is 16.5. The molecular weight excluding hydrogens is 484 g/mol. The molecule has 0 atom stereocenters. The zero-order valence-corrected chi connectivity index (χ0v) is 23.6. The van der Waals surface area contributed by atoms with Crippen LogP contribution in [0.4, 0.5) is 23.1 Å². The molecule has 1 aliphatic heterocycles. The minimum Gasteiger partial charge on any atom is -0.495 e. The number of anilines is 4. The number of methoxy groups -OCH3 is 2. The Morgan fingerprint density at radius 3 is 2.58 bits per heavy atom. The number of aromatic nitrogens is 2. The van der Waals surface area contributed by atoms with Gasteiger partial charge in [0.05, 0.1) is 30.0 Å². The summed E-state index contributed by atoms with van der Waals surface area (Å²) < 4.78 is 11.0. The maximum atomic E-state index is 13.2. The van der Waals surface area contributed by atoms with Crippen molar-refractivity contribution in [1.29, 1.82) is 0 Å². The number of nitrogens with one attached hydrogen (secondary N) is 2. The van der Waals surface area contributed by atoms with Crippen LogP contribution in [-0.2, 0) is 9.53 Å². The molecule has 1 aliphatic carbocycles. The van der Waals surface area contributed by atoms with Gasteiger partial charge in [-0.25, -0.2) is 4.98 Å². The Morgan fingerprint density at radius 1 is 1.21 bits per heavy atom. The van der Waals surface area contributed by atoms with E-state index in [1.807, 2.05) is 27.7 Å². The van der Waals surface area contributed by atoms with E-state index in [2.05, 4.69) is 20.5 Å². The topological polar surface area (TPSA) is 109 Å². The van der Waals surface area contributed by atoms with Crippen LogP contribution in [-0.4, -0.2) is 67.8 Å². The standard InChI is InChI=1S/C28H40N6O4/c1-27(2)17-34(19-10-8-9-11-19)23-21(33(5)25(27)36)15-29-26(32-23)31-20-13-12-18(14-22(20)37-6)24(35)30-16-28(3,4)38-7/h12-15,19H,8-11,16-17H2,1-7H3,(H,30,35)(H,29,31,32). The van der Waals surface area contributed by atoms with Crippen LogP contribution >= 0.6 is 0 Å². The van der Waals surface area contributed by atoms with Gasteiger partial charge >= 0.3 is 0 Å². The van der Waals surface area contributed by atoms with Crippen LogP contribution in [0.2, 0.25) is 0 Å². The van der Waals surface area contributed by atoms with Crippen molar-refractivity contribution in [2.24, 2.45) is 5.41 Å². The molecule has 1 fully saturated rings. The molecule has 2 aromatic rings. The molecule has 0 spiro atoms. The molecule has 1 aromatic heterocycles. The molecule has 206 valence electrons. The summed E-state index contributed by atoms with van der Waals surface area (Å²) in [6.45, 7) is 8.76. The number of carbonyl (C=O) groups excluding carboxylic acids is 2. The van der Waals surface area contributed by atoms with E-state index in [1.54, 1.807) is 50.6 Å².